The van der Waals surface area contributed by atoms with Gasteiger partial charge in [0, 0.05) is 5.56 Å². The highest BCUT2D eigenvalue weighted by molar-refractivity contribution is 5.38. The van der Waals surface area contributed by atoms with Gasteiger partial charge in [0.05, 0.1) is 6.20 Å². The molecule has 2 aromatic rings. The van der Waals surface area contributed by atoms with Crippen molar-refractivity contribution in [2.75, 3.05) is 0 Å². The lowest BCUT2D eigenvalue weighted by molar-refractivity contribution is -0.606. The molecule has 0 unspecified atom stereocenters. The molecule has 0 saturated carbocycles. The highest BCUT2D eigenvalue weighted by Crippen LogP contribution is 1.95. The fourth-order valence-electron chi connectivity index (χ4n) is 1.10. The van der Waals surface area contributed by atoms with E-state index in [4.69, 9.17) is 0 Å². The maximum absolute atomic E-state index is 10.9. The third kappa shape index (κ3) is 2.55. The zero-order chi connectivity index (χ0) is 10.5. The molecule has 0 fully saturated rings. The maximum Gasteiger partial charge on any atom is 0.214 e. The zero-order valence-electron chi connectivity index (χ0n) is 7.92. The monoisotopic (exact) mass is 196 g/mol. The minimum Gasteiger partial charge on any atom is -0.619 e. The van der Waals surface area contributed by atoms with E-state index >= 15 is 0 Å². The third-order valence-corrected chi connectivity index (χ3v) is 1.79. The molecular weight excluding hydrogens is 188 g/mol. The standard InChI is InChI=1S/C12H8N2O/c15-14-9-8-13-12(10-14)7-6-11-4-2-1-3-5-11/h1-5,8-10H. The van der Waals surface area contributed by atoms with Gasteiger partial charge in [0.25, 0.3) is 0 Å². The van der Waals surface area contributed by atoms with Crippen LogP contribution in [-0.4, -0.2) is 4.98 Å². The van der Waals surface area contributed by atoms with E-state index in [0.29, 0.717) is 10.4 Å². The lowest BCUT2D eigenvalue weighted by Crippen LogP contribution is -2.25. The molecule has 1 heterocycles. The second-order valence-corrected chi connectivity index (χ2v) is 2.92. The molecule has 1 aromatic heterocycles. The summed E-state index contributed by atoms with van der Waals surface area (Å²) in [5.41, 5.74) is 1.37. The van der Waals surface area contributed by atoms with Gasteiger partial charge in [-0.3, -0.25) is 0 Å². The lowest BCUT2D eigenvalue weighted by Gasteiger charge is -1.92. The molecule has 0 bridgehead atoms. The molecule has 72 valence electrons. The summed E-state index contributed by atoms with van der Waals surface area (Å²) in [5.74, 6) is 5.74. The van der Waals surface area contributed by atoms with E-state index in [-0.39, 0.29) is 0 Å². The van der Waals surface area contributed by atoms with Crippen LogP contribution < -0.4 is 4.73 Å². The van der Waals surface area contributed by atoms with E-state index in [1.54, 1.807) is 0 Å². The number of rotatable bonds is 0. The first kappa shape index (κ1) is 9.22. The minimum absolute atomic E-state index is 0.469. The first-order valence-corrected chi connectivity index (χ1v) is 4.46. The highest BCUT2D eigenvalue weighted by Gasteiger charge is 1.92. The molecule has 0 saturated heterocycles. The van der Waals surface area contributed by atoms with Gasteiger partial charge in [0.1, 0.15) is 0 Å². The van der Waals surface area contributed by atoms with Gasteiger partial charge in [-0.25, -0.2) is 4.98 Å². The molecule has 15 heavy (non-hydrogen) atoms. The van der Waals surface area contributed by atoms with Gasteiger partial charge < -0.3 is 5.21 Å². The molecule has 0 amide bonds. The topological polar surface area (TPSA) is 39.8 Å². The summed E-state index contributed by atoms with van der Waals surface area (Å²) in [6, 6.07) is 9.56. The van der Waals surface area contributed by atoms with Crippen molar-refractivity contribution < 1.29 is 4.73 Å². The fourth-order valence-corrected chi connectivity index (χ4v) is 1.10. The Hall–Kier alpha value is -2.34. The van der Waals surface area contributed by atoms with Gasteiger partial charge >= 0.3 is 0 Å². The number of hydrogen-bond donors (Lipinski definition) is 0. The van der Waals surface area contributed by atoms with Crippen molar-refractivity contribution in [3.05, 3.63) is 65.4 Å². The van der Waals surface area contributed by atoms with Crippen molar-refractivity contribution in [3.63, 3.8) is 0 Å². The van der Waals surface area contributed by atoms with Crippen LogP contribution in [0.25, 0.3) is 0 Å². The molecule has 0 radical (unpaired) electrons. The minimum atomic E-state index is 0.469. The summed E-state index contributed by atoms with van der Waals surface area (Å²) in [5, 5.41) is 10.9. The summed E-state index contributed by atoms with van der Waals surface area (Å²) in [7, 11) is 0. The molecule has 1 aromatic carbocycles. The Morgan fingerprint density at radius 3 is 2.67 bits per heavy atom. The predicted octanol–water partition coefficient (Wildman–Crippen LogP) is 1.11. The molecule has 0 aliphatic rings. The molecule has 0 atom stereocenters. The van der Waals surface area contributed by atoms with Crippen molar-refractivity contribution >= 4 is 0 Å². The van der Waals surface area contributed by atoms with Crippen molar-refractivity contribution in [3.8, 4) is 11.8 Å². The Morgan fingerprint density at radius 1 is 1.13 bits per heavy atom. The van der Waals surface area contributed by atoms with E-state index < -0.39 is 0 Å². The largest absolute Gasteiger partial charge is 0.619 e. The quantitative estimate of drug-likeness (QED) is 0.360. The van der Waals surface area contributed by atoms with Crippen LogP contribution >= 0.6 is 0 Å². The zero-order valence-corrected chi connectivity index (χ0v) is 7.92. The molecule has 0 spiro atoms. The number of benzene rings is 1. The van der Waals surface area contributed by atoms with Crippen molar-refractivity contribution in [2.45, 2.75) is 0 Å². The second kappa shape index (κ2) is 4.25. The van der Waals surface area contributed by atoms with Crippen LogP contribution in [0.5, 0.6) is 0 Å². The second-order valence-electron chi connectivity index (χ2n) is 2.92. The van der Waals surface area contributed by atoms with Crippen LogP contribution in [0.1, 0.15) is 11.3 Å². The van der Waals surface area contributed by atoms with Crippen molar-refractivity contribution in [1.29, 1.82) is 0 Å². The van der Waals surface area contributed by atoms with E-state index in [0.717, 1.165) is 5.56 Å². The Kier molecular flexibility index (Phi) is 2.61. The molecule has 0 aliphatic heterocycles. The maximum atomic E-state index is 10.9. The van der Waals surface area contributed by atoms with Gasteiger partial charge in [-0.1, -0.05) is 24.1 Å². The van der Waals surface area contributed by atoms with Crippen molar-refractivity contribution in [2.24, 2.45) is 0 Å². The molecule has 3 nitrogen and oxygen atoms in total. The van der Waals surface area contributed by atoms with Gasteiger partial charge in [-0.2, -0.15) is 4.73 Å². The van der Waals surface area contributed by atoms with Crippen LogP contribution in [0.3, 0.4) is 0 Å². The molecule has 0 N–H and O–H groups in total. The Bertz CT molecular complexity index is 512. The highest BCUT2D eigenvalue weighted by atomic mass is 16.5. The van der Waals surface area contributed by atoms with Crippen molar-refractivity contribution in [1.82, 2.24) is 4.98 Å². The van der Waals surface area contributed by atoms with Crippen LogP contribution in [-0.2, 0) is 0 Å². The van der Waals surface area contributed by atoms with Gasteiger partial charge in [0.15, 0.2) is 11.9 Å². The Morgan fingerprint density at radius 2 is 1.93 bits per heavy atom. The first-order chi connectivity index (χ1) is 7.34. The van der Waals surface area contributed by atoms with E-state index in [9.17, 15) is 5.21 Å². The lowest BCUT2D eigenvalue weighted by atomic mass is 10.2. The summed E-state index contributed by atoms with van der Waals surface area (Å²) >= 11 is 0. The number of aromatic nitrogens is 2. The van der Waals surface area contributed by atoms with Crippen LogP contribution in [0.15, 0.2) is 48.9 Å². The summed E-state index contributed by atoms with van der Waals surface area (Å²) in [6.07, 6.45) is 4.10. The molecule has 0 aliphatic carbocycles. The van der Waals surface area contributed by atoms with E-state index in [2.05, 4.69) is 16.8 Å². The third-order valence-electron chi connectivity index (χ3n) is 1.79. The number of nitrogens with zero attached hydrogens (tertiary/aromatic N) is 2. The normalized spacial score (nSPS) is 9.07. The average Bonchev–Trinajstić information content (AvgIpc) is 2.28. The summed E-state index contributed by atoms with van der Waals surface area (Å²) in [4.78, 5) is 3.96. The van der Waals surface area contributed by atoms with E-state index in [1.807, 2.05) is 30.3 Å². The van der Waals surface area contributed by atoms with Crippen LogP contribution in [0, 0.1) is 17.0 Å². The fraction of sp³-hybridized carbons (Fsp3) is 0. The smallest absolute Gasteiger partial charge is 0.214 e. The molecule has 3 heteroatoms. The molecular formula is C12H8N2O. The average molecular weight is 196 g/mol. The molecule has 2 rings (SSSR count). The Balaban J connectivity index is 2.26. The van der Waals surface area contributed by atoms with Gasteiger partial charge in [-0.15, -0.1) is 0 Å². The Labute approximate surface area is 87.6 Å². The first-order valence-electron chi connectivity index (χ1n) is 4.46. The summed E-state index contributed by atoms with van der Waals surface area (Å²) in [6.45, 7) is 0. The predicted molar refractivity (Wildman–Crippen MR) is 55.6 cm³/mol. The number of hydrogen-bond acceptors (Lipinski definition) is 2. The SMILES string of the molecule is [O-][n+]1ccnc(C#Cc2ccccc2)c1. The van der Waals surface area contributed by atoms with Gasteiger partial charge in [0.2, 0.25) is 6.20 Å². The van der Waals surface area contributed by atoms with Crippen LogP contribution in [0.4, 0.5) is 0 Å². The van der Waals surface area contributed by atoms with Crippen LogP contribution in [0.2, 0.25) is 0 Å². The van der Waals surface area contributed by atoms with Gasteiger partial charge in [-0.05, 0) is 18.1 Å². The summed E-state index contributed by atoms with van der Waals surface area (Å²) < 4.78 is 0.683. The van der Waals surface area contributed by atoms with E-state index in [1.165, 1.54) is 18.6 Å².